The SMILES string of the molecule is C#CCOc1cc2c(c3oc(=O)cc(CCC)c13)[C@@H](O)[C@@H](C)[C@@H](C)O2. The van der Waals surface area contributed by atoms with E-state index in [1.165, 1.54) is 6.07 Å². The van der Waals surface area contributed by atoms with Gasteiger partial charge in [0.2, 0.25) is 0 Å². The van der Waals surface area contributed by atoms with Gasteiger partial charge in [0.1, 0.15) is 24.2 Å². The minimum Gasteiger partial charge on any atom is -0.490 e. The molecule has 1 aliphatic rings. The average Bonchev–Trinajstić information content (AvgIpc) is 2.57. The molecule has 0 saturated carbocycles. The maximum Gasteiger partial charge on any atom is 0.336 e. The van der Waals surface area contributed by atoms with Gasteiger partial charge in [-0.1, -0.05) is 26.2 Å². The van der Waals surface area contributed by atoms with E-state index in [-0.39, 0.29) is 18.6 Å². The van der Waals surface area contributed by atoms with Crippen LogP contribution < -0.4 is 15.1 Å². The molecule has 0 bridgehead atoms. The van der Waals surface area contributed by atoms with Crippen LogP contribution in [0.2, 0.25) is 0 Å². The monoisotopic (exact) mass is 342 g/mol. The fourth-order valence-electron chi connectivity index (χ4n) is 3.29. The van der Waals surface area contributed by atoms with Gasteiger partial charge in [0.25, 0.3) is 0 Å². The van der Waals surface area contributed by atoms with Gasteiger partial charge < -0.3 is 19.0 Å². The number of terminal acetylenes is 1. The highest BCUT2D eigenvalue weighted by Gasteiger charge is 2.35. The third-order valence-corrected chi connectivity index (χ3v) is 4.74. The number of ether oxygens (including phenoxy) is 2. The maximum absolute atomic E-state index is 12.1. The summed E-state index contributed by atoms with van der Waals surface area (Å²) in [5.41, 5.74) is 1.20. The Morgan fingerprint density at radius 1 is 1.36 bits per heavy atom. The fraction of sp³-hybridized carbons (Fsp3) is 0.450. The van der Waals surface area contributed by atoms with Crippen molar-refractivity contribution in [2.75, 3.05) is 6.61 Å². The Hall–Kier alpha value is -2.45. The van der Waals surface area contributed by atoms with Crippen LogP contribution >= 0.6 is 0 Å². The first-order chi connectivity index (χ1) is 12.0. The molecular weight excluding hydrogens is 320 g/mol. The zero-order valence-electron chi connectivity index (χ0n) is 14.7. The molecule has 1 aromatic heterocycles. The van der Waals surface area contributed by atoms with Crippen molar-refractivity contribution in [2.24, 2.45) is 5.92 Å². The number of hydrogen-bond acceptors (Lipinski definition) is 5. The molecule has 1 aromatic carbocycles. The van der Waals surface area contributed by atoms with Crippen molar-refractivity contribution < 1.29 is 19.0 Å². The molecule has 3 atom stereocenters. The highest BCUT2D eigenvalue weighted by molar-refractivity contribution is 5.91. The molecular formula is C20H22O5. The van der Waals surface area contributed by atoms with Crippen molar-refractivity contribution in [1.82, 2.24) is 0 Å². The van der Waals surface area contributed by atoms with E-state index in [1.54, 1.807) is 6.07 Å². The Balaban J connectivity index is 2.36. The molecule has 0 aliphatic carbocycles. The number of hydrogen-bond donors (Lipinski definition) is 1. The average molecular weight is 342 g/mol. The second-order valence-corrected chi connectivity index (χ2v) is 6.45. The minimum absolute atomic E-state index is 0.0904. The summed E-state index contributed by atoms with van der Waals surface area (Å²) in [5, 5.41) is 11.4. The second-order valence-electron chi connectivity index (χ2n) is 6.45. The molecule has 2 heterocycles. The van der Waals surface area contributed by atoms with E-state index in [2.05, 4.69) is 5.92 Å². The van der Waals surface area contributed by atoms with Crippen LogP contribution in [0.15, 0.2) is 21.3 Å². The number of aliphatic hydroxyl groups excluding tert-OH is 1. The van der Waals surface area contributed by atoms with Crippen molar-refractivity contribution in [2.45, 2.75) is 45.8 Å². The molecule has 1 aliphatic heterocycles. The van der Waals surface area contributed by atoms with Gasteiger partial charge in [-0.05, 0) is 18.9 Å². The zero-order valence-corrected chi connectivity index (χ0v) is 14.7. The van der Waals surface area contributed by atoms with Gasteiger partial charge in [-0.25, -0.2) is 4.79 Å². The molecule has 0 radical (unpaired) electrons. The fourth-order valence-corrected chi connectivity index (χ4v) is 3.29. The summed E-state index contributed by atoms with van der Waals surface area (Å²) in [6.45, 7) is 5.92. The van der Waals surface area contributed by atoms with Crippen molar-refractivity contribution in [3.05, 3.63) is 33.7 Å². The lowest BCUT2D eigenvalue weighted by Crippen LogP contribution is -2.32. The number of benzene rings is 1. The predicted molar refractivity (Wildman–Crippen MR) is 95.0 cm³/mol. The number of fused-ring (bicyclic) bond motifs is 3. The van der Waals surface area contributed by atoms with Gasteiger partial charge in [0.15, 0.2) is 5.58 Å². The Bertz CT molecular complexity index is 890. The largest absolute Gasteiger partial charge is 0.490 e. The standard InChI is InChI=1S/C20H22O5/c1-5-7-13-9-16(21)25-20-17(13)14(23-8-6-2)10-15-18(20)19(22)11(3)12(4)24-15/h2,9-12,19,22H,5,7-8H2,1,3-4H3/t11-,12+,19-/m0/s1. The van der Waals surface area contributed by atoms with Gasteiger partial charge >= 0.3 is 5.63 Å². The van der Waals surface area contributed by atoms with Crippen LogP contribution in [0.1, 0.15) is 44.4 Å². The highest BCUT2D eigenvalue weighted by atomic mass is 16.5. The third-order valence-electron chi connectivity index (χ3n) is 4.74. The summed E-state index contributed by atoms with van der Waals surface area (Å²) in [6, 6.07) is 3.21. The lowest BCUT2D eigenvalue weighted by molar-refractivity contribution is 0.0178. The molecule has 0 amide bonds. The summed E-state index contributed by atoms with van der Waals surface area (Å²) in [6.07, 6.45) is 5.91. The molecule has 1 N–H and O–H groups in total. The maximum atomic E-state index is 12.1. The molecule has 5 heteroatoms. The molecule has 3 rings (SSSR count). The minimum atomic E-state index is -0.789. The molecule has 132 valence electrons. The van der Waals surface area contributed by atoms with Crippen LogP contribution in [0.3, 0.4) is 0 Å². The van der Waals surface area contributed by atoms with E-state index in [1.807, 2.05) is 20.8 Å². The topological polar surface area (TPSA) is 68.9 Å². The van der Waals surface area contributed by atoms with Gasteiger partial charge in [-0.15, -0.1) is 6.42 Å². The van der Waals surface area contributed by atoms with Crippen molar-refractivity contribution >= 4 is 11.0 Å². The van der Waals surface area contributed by atoms with Crippen LogP contribution in [0.5, 0.6) is 11.5 Å². The van der Waals surface area contributed by atoms with Crippen LogP contribution in [0.4, 0.5) is 0 Å². The van der Waals surface area contributed by atoms with E-state index in [0.29, 0.717) is 34.5 Å². The molecule has 0 saturated heterocycles. The zero-order chi connectivity index (χ0) is 18.1. The van der Waals surface area contributed by atoms with E-state index >= 15 is 0 Å². The summed E-state index contributed by atoms with van der Waals surface area (Å²) in [7, 11) is 0. The molecule has 0 unspecified atom stereocenters. The molecule has 25 heavy (non-hydrogen) atoms. The lowest BCUT2D eigenvalue weighted by Gasteiger charge is -2.34. The molecule has 0 fully saturated rings. The summed E-state index contributed by atoms with van der Waals surface area (Å²) in [5.74, 6) is 3.29. The Morgan fingerprint density at radius 2 is 2.12 bits per heavy atom. The van der Waals surface area contributed by atoms with E-state index in [0.717, 1.165) is 12.0 Å². The normalized spacial score (nSPS) is 22.1. The van der Waals surface area contributed by atoms with Crippen LogP contribution in [0.25, 0.3) is 11.0 Å². The second kappa shape index (κ2) is 6.81. The Kier molecular flexibility index (Phi) is 4.73. The summed E-state index contributed by atoms with van der Waals surface area (Å²) < 4.78 is 17.1. The van der Waals surface area contributed by atoms with E-state index in [9.17, 15) is 9.90 Å². The molecule has 5 nitrogen and oxygen atoms in total. The molecule has 2 aromatic rings. The molecule has 0 spiro atoms. The summed E-state index contributed by atoms with van der Waals surface area (Å²) >= 11 is 0. The van der Waals surface area contributed by atoms with E-state index in [4.69, 9.17) is 20.3 Å². The van der Waals surface area contributed by atoms with Crippen molar-refractivity contribution in [1.29, 1.82) is 0 Å². The van der Waals surface area contributed by atoms with Gasteiger partial charge in [-0.3, -0.25) is 0 Å². The first kappa shape index (κ1) is 17.4. The van der Waals surface area contributed by atoms with E-state index < -0.39 is 11.7 Å². The van der Waals surface area contributed by atoms with Crippen LogP contribution in [-0.2, 0) is 6.42 Å². The van der Waals surface area contributed by atoms with Crippen LogP contribution in [0, 0.1) is 18.3 Å². The first-order valence-corrected chi connectivity index (χ1v) is 8.52. The van der Waals surface area contributed by atoms with Gasteiger partial charge in [0, 0.05) is 18.1 Å². The van der Waals surface area contributed by atoms with Crippen LogP contribution in [-0.4, -0.2) is 17.8 Å². The number of aliphatic hydroxyl groups is 1. The Labute approximate surface area is 146 Å². The van der Waals surface area contributed by atoms with Crippen molar-refractivity contribution in [3.8, 4) is 23.8 Å². The Morgan fingerprint density at radius 3 is 2.80 bits per heavy atom. The van der Waals surface area contributed by atoms with Gasteiger partial charge in [-0.2, -0.15) is 0 Å². The number of aryl methyl sites for hydroxylation is 1. The smallest absolute Gasteiger partial charge is 0.336 e. The summed E-state index contributed by atoms with van der Waals surface area (Å²) in [4.78, 5) is 12.1. The third kappa shape index (κ3) is 2.98. The van der Waals surface area contributed by atoms with Gasteiger partial charge in [0.05, 0.1) is 17.1 Å². The predicted octanol–water partition coefficient (Wildman–Crippen LogP) is 3.21. The van der Waals surface area contributed by atoms with Crippen molar-refractivity contribution in [3.63, 3.8) is 0 Å². The lowest BCUT2D eigenvalue weighted by atomic mass is 9.88. The quantitative estimate of drug-likeness (QED) is 0.682. The number of rotatable bonds is 4. The highest BCUT2D eigenvalue weighted by Crippen LogP contribution is 2.46. The first-order valence-electron chi connectivity index (χ1n) is 8.52.